The lowest BCUT2D eigenvalue weighted by atomic mass is 9.92. The van der Waals surface area contributed by atoms with Crippen molar-refractivity contribution in [2.24, 2.45) is 7.05 Å². The van der Waals surface area contributed by atoms with E-state index in [1.54, 1.807) is 17.8 Å². The van der Waals surface area contributed by atoms with Gasteiger partial charge < -0.3 is 15.0 Å². The van der Waals surface area contributed by atoms with Gasteiger partial charge in [0.05, 0.1) is 7.05 Å². The van der Waals surface area contributed by atoms with Gasteiger partial charge in [0.1, 0.15) is 34.1 Å². The molecule has 7 nitrogen and oxygen atoms in total. The van der Waals surface area contributed by atoms with Gasteiger partial charge in [-0.25, -0.2) is 9.14 Å². The largest absolute Gasteiger partial charge is 0.434 e. The smallest absolute Gasteiger partial charge is 0.390 e. The van der Waals surface area contributed by atoms with Gasteiger partial charge in [0.2, 0.25) is 0 Å². The summed E-state index contributed by atoms with van der Waals surface area (Å²) in [5.74, 6) is -0.150. The molecule has 0 N–H and O–H groups in total. The van der Waals surface area contributed by atoms with E-state index < -0.39 is 13.0 Å². The number of imidazole rings is 1. The van der Waals surface area contributed by atoms with Gasteiger partial charge in [-0.05, 0) is 44.7 Å². The molecule has 0 saturated carbocycles. The number of nitrogens with zero attached hydrogens (tertiary/aromatic N) is 5. The second kappa shape index (κ2) is 7.16. The van der Waals surface area contributed by atoms with Crippen molar-refractivity contribution in [3.05, 3.63) is 74.8 Å². The average Bonchev–Trinajstić information content (AvgIpc) is 3.09. The van der Waals surface area contributed by atoms with Gasteiger partial charge in [-0.15, -0.1) is 0 Å². The maximum Gasteiger partial charge on any atom is 0.434 e. The summed E-state index contributed by atoms with van der Waals surface area (Å²) in [5, 5.41) is 14.1. The van der Waals surface area contributed by atoms with Crippen molar-refractivity contribution in [3.63, 3.8) is 0 Å². The highest BCUT2D eigenvalue weighted by molar-refractivity contribution is 6.98. The molecule has 0 fully saturated rings. The van der Waals surface area contributed by atoms with Crippen LogP contribution in [0.4, 0.5) is 11.6 Å². The second-order valence-corrected chi connectivity index (χ2v) is 13.3. The number of benzene rings is 1. The van der Waals surface area contributed by atoms with E-state index in [0.717, 1.165) is 33.8 Å². The van der Waals surface area contributed by atoms with Crippen LogP contribution in [0.3, 0.4) is 0 Å². The third-order valence-electron chi connectivity index (χ3n) is 6.31. The van der Waals surface area contributed by atoms with Crippen LogP contribution in [-0.4, -0.2) is 61.0 Å². The van der Waals surface area contributed by atoms with E-state index in [0.29, 0.717) is 0 Å². The molecule has 2 heterocycles. The van der Waals surface area contributed by atoms with Crippen LogP contribution in [0, 0.1) is 10.1 Å². The van der Waals surface area contributed by atoms with Crippen LogP contribution in [0.2, 0.25) is 13.1 Å². The zero-order chi connectivity index (χ0) is 22.7. The molecule has 0 atom stereocenters. The van der Waals surface area contributed by atoms with Crippen LogP contribution in [0.15, 0.2) is 53.4 Å². The van der Waals surface area contributed by atoms with Gasteiger partial charge in [0.25, 0.3) is 0 Å². The molecule has 31 heavy (non-hydrogen) atoms. The Morgan fingerprint density at radius 2 is 1.87 bits per heavy atom. The molecule has 0 bridgehead atoms. The van der Waals surface area contributed by atoms with E-state index in [-0.39, 0.29) is 5.95 Å². The molecule has 8 heteroatoms. The first-order valence-corrected chi connectivity index (χ1v) is 13.2. The number of hydrogen-bond acceptors (Lipinski definition) is 4. The van der Waals surface area contributed by atoms with Crippen molar-refractivity contribution in [2.45, 2.75) is 13.1 Å². The lowest BCUT2D eigenvalue weighted by Gasteiger charge is -2.37. The van der Waals surface area contributed by atoms with E-state index in [9.17, 15) is 10.1 Å². The topological polar surface area (TPSA) is 67.2 Å². The predicted molar refractivity (Wildman–Crippen MR) is 128 cm³/mol. The Morgan fingerprint density at radius 3 is 2.45 bits per heavy atom. The Morgan fingerprint density at radius 1 is 1.16 bits per heavy atom. The molecule has 2 aliphatic rings. The molecule has 2 aromatic rings. The highest BCUT2D eigenvalue weighted by atomic mass is 28.3. The summed E-state index contributed by atoms with van der Waals surface area (Å²) in [5.41, 5.74) is 6.36. The number of nitro groups is 1. The predicted octanol–water partition coefficient (Wildman–Crippen LogP) is 2.87. The second-order valence-electron chi connectivity index (χ2n) is 9.01. The molecule has 160 valence electrons. The molecule has 0 radical (unpaired) electrons. The van der Waals surface area contributed by atoms with E-state index in [2.05, 4.69) is 64.0 Å². The maximum atomic E-state index is 11.5. The number of fused-ring (bicyclic) bond motifs is 2. The first-order chi connectivity index (χ1) is 14.5. The Hall–Kier alpha value is -3.26. The molecule has 4 rings (SSSR count). The van der Waals surface area contributed by atoms with Gasteiger partial charge >= 0.3 is 5.95 Å². The lowest BCUT2D eigenvalue weighted by Crippen LogP contribution is -2.49. The summed E-state index contributed by atoms with van der Waals surface area (Å²) in [6.45, 7) is 4.76. The lowest BCUT2D eigenvalue weighted by molar-refractivity contribution is -0.462. The number of aromatic nitrogens is 2. The summed E-state index contributed by atoms with van der Waals surface area (Å²) in [4.78, 5) is 17.2. The third-order valence-corrected chi connectivity index (χ3v) is 9.83. The fraction of sp³-hybridized carbons (Fsp3) is 0.304. The highest BCUT2D eigenvalue weighted by Gasteiger charge is 2.42. The SMILES string of the molecule is CN(C)c1ccc2c(c1)[Si](C)(C)C1=CC(=[N+](C)C)C=CC1=C2c1cnc([N+](=O)[O-])n1C. The van der Waals surface area contributed by atoms with Crippen LogP contribution in [-0.2, 0) is 7.05 Å². The summed E-state index contributed by atoms with van der Waals surface area (Å²) in [6, 6.07) is 6.57. The normalized spacial score (nSPS) is 16.6. The Kier molecular flexibility index (Phi) is 4.85. The zero-order valence-electron chi connectivity index (χ0n) is 19.1. The van der Waals surface area contributed by atoms with E-state index in [1.807, 2.05) is 28.2 Å². The van der Waals surface area contributed by atoms with Crippen LogP contribution in [0.25, 0.3) is 5.57 Å². The van der Waals surface area contributed by atoms with Crippen molar-refractivity contribution in [1.82, 2.24) is 9.55 Å². The minimum atomic E-state index is -2.03. The van der Waals surface area contributed by atoms with E-state index in [4.69, 9.17) is 0 Å². The highest BCUT2D eigenvalue weighted by Crippen LogP contribution is 2.42. The Labute approximate surface area is 183 Å². The Balaban J connectivity index is 2.10. The van der Waals surface area contributed by atoms with Gasteiger partial charge in [0.15, 0.2) is 5.71 Å². The van der Waals surface area contributed by atoms with Crippen molar-refractivity contribution >= 4 is 36.2 Å². The molecule has 0 unspecified atom stereocenters. The number of anilines is 1. The molecular formula is C23H28N5O2Si+. The quantitative estimate of drug-likeness (QED) is 0.322. The van der Waals surface area contributed by atoms with Gasteiger partial charge in [-0.2, -0.15) is 0 Å². The van der Waals surface area contributed by atoms with Gasteiger partial charge in [-0.1, -0.05) is 24.1 Å². The van der Waals surface area contributed by atoms with Crippen LogP contribution < -0.4 is 10.1 Å². The third kappa shape index (κ3) is 3.18. The summed E-state index contributed by atoms with van der Waals surface area (Å²) >= 11 is 0. The fourth-order valence-electron chi connectivity index (χ4n) is 4.46. The number of allylic oxidation sites excluding steroid dienone is 5. The maximum absolute atomic E-state index is 11.5. The van der Waals surface area contributed by atoms with Crippen LogP contribution in [0.5, 0.6) is 0 Å². The number of rotatable bonds is 3. The molecule has 0 spiro atoms. The van der Waals surface area contributed by atoms with Gasteiger partial charge in [-0.3, -0.25) is 0 Å². The summed E-state index contributed by atoms with van der Waals surface area (Å²) in [6.07, 6.45) is 8.20. The zero-order valence-corrected chi connectivity index (χ0v) is 20.1. The fourth-order valence-corrected chi connectivity index (χ4v) is 7.53. The van der Waals surface area contributed by atoms with E-state index >= 15 is 0 Å². The van der Waals surface area contributed by atoms with Crippen molar-refractivity contribution < 1.29 is 9.50 Å². The molecule has 1 aromatic heterocycles. The Bertz CT molecular complexity index is 1240. The summed E-state index contributed by atoms with van der Waals surface area (Å²) in [7, 11) is 7.88. The van der Waals surface area contributed by atoms with Crippen LogP contribution >= 0.6 is 0 Å². The minimum Gasteiger partial charge on any atom is -0.390 e. The first-order valence-electron chi connectivity index (χ1n) is 10.2. The van der Waals surface area contributed by atoms with Crippen LogP contribution in [0.1, 0.15) is 11.3 Å². The minimum absolute atomic E-state index is 0.150. The molecule has 1 aliphatic carbocycles. The van der Waals surface area contributed by atoms with Crippen molar-refractivity contribution in [1.29, 1.82) is 0 Å². The molecular weight excluding hydrogens is 406 g/mol. The first kappa shape index (κ1) is 21.0. The molecule has 1 aliphatic heterocycles. The average molecular weight is 435 g/mol. The van der Waals surface area contributed by atoms with Crippen molar-refractivity contribution in [2.75, 3.05) is 33.1 Å². The summed E-state index contributed by atoms with van der Waals surface area (Å²) < 4.78 is 3.70. The standard InChI is InChI=1S/C23H28N5O2Si/c1-25(2)15-8-10-17-20(12-15)31(6,7)21-13-16(26(3)4)9-11-18(21)22(17)19-14-24-23(27(19)5)28(29)30/h8-14H,1-7H3/q+1. The molecule has 0 amide bonds. The van der Waals surface area contributed by atoms with E-state index in [1.165, 1.54) is 10.4 Å². The van der Waals surface area contributed by atoms with Gasteiger partial charge in [0, 0.05) is 37.5 Å². The van der Waals surface area contributed by atoms with Crippen molar-refractivity contribution in [3.8, 4) is 0 Å². The molecule has 0 saturated heterocycles. The molecule has 1 aromatic carbocycles. The number of hydrogen-bond donors (Lipinski definition) is 0. The monoisotopic (exact) mass is 434 g/mol.